The molecule has 1 saturated carbocycles. The van der Waals surface area contributed by atoms with Crippen molar-refractivity contribution < 1.29 is 9.50 Å². The van der Waals surface area contributed by atoms with E-state index in [0.717, 1.165) is 25.1 Å². The first-order valence-electron chi connectivity index (χ1n) is 6.94. The lowest BCUT2D eigenvalue weighted by atomic mass is 9.93. The molecule has 4 heteroatoms. The number of nitrogens with one attached hydrogen (secondary N) is 1. The monoisotopic (exact) mass is 266 g/mol. The van der Waals surface area contributed by atoms with Gasteiger partial charge in [-0.2, -0.15) is 0 Å². The SMILES string of the molecule is CCNC(CO)(CN(C)c1cccc(F)c1)C1CC1. The number of aliphatic hydroxyl groups is 1. The van der Waals surface area contributed by atoms with Crippen molar-refractivity contribution in [3.63, 3.8) is 0 Å². The van der Waals surface area contributed by atoms with Crippen LogP contribution in [0.4, 0.5) is 10.1 Å². The van der Waals surface area contributed by atoms with E-state index in [2.05, 4.69) is 12.2 Å². The van der Waals surface area contributed by atoms with Gasteiger partial charge in [-0.25, -0.2) is 4.39 Å². The van der Waals surface area contributed by atoms with Crippen molar-refractivity contribution in [3.05, 3.63) is 30.1 Å². The van der Waals surface area contributed by atoms with E-state index in [1.165, 1.54) is 12.1 Å². The summed E-state index contributed by atoms with van der Waals surface area (Å²) in [6, 6.07) is 6.58. The topological polar surface area (TPSA) is 35.5 Å². The zero-order chi connectivity index (χ0) is 13.9. The lowest BCUT2D eigenvalue weighted by molar-refractivity contribution is 0.146. The Hall–Kier alpha value is -1.13. The predicted molar refractivity (Wildman–Crippen MR) is 75.9 cm³/mol. The van der Waals surface area contributed by atoms with E-state index in [-0.39, 0.29) is 18.0 Å². The number of nitrogens with zero attached hydrogens (tertiary/aromatic N) is 1. The van der Waals surface area contributed by atoms with Crippen molar-refractivity contribution in [2.75, 3.05) is 31.6 Å². The van der Waals surface area contributed by atoms with Crippen molar-refractivity contribution in [2.45, 2.75) is 25.3 Å². The van der Waals surface area contributed by atoms with E-state index in [0.29, 0.717) is 12.5 Å². The molecular formula is C15H23FN2O. The van der Waals surface area contributed by atoms with Gasteiger partial charge in [-0.05, 0) is 43.5 Å². The summed E-state index contributed by atoms with van der Waals surface area (Å²) in [5.41, 5.74) is 0.576. The molecule has 0 saturated heterocycles. The minimum absolute atomic E-state index is 0.116. The Morgan fingerprint density at radius 2 is 2.21 bits per heavy atom. The maximum Gasteiger partial charge on any atom is 0.125 e. The zero-order valence-electron chi connectivity index (χ0n) is 11.7. The van der Waals surface area contributed by atoms with Gasteiger partial charge in [-0.3, -0.25) is 0 Å². The molecule has 106 valence electrons. The molecule has 1 atom stereocenters. The smallest absolute Gasteiger partial charge is 0.125 e. The molecule has 1 aliphatic carbocycles. The summed E-state index contributed by atoms with van der Waals surface area (Å²) < 4.78 is 13.3. The van der Waals surface area contributed by atoms with Gasteiger partial charge in [0.25, 0.3) is 0 Å². The first kappa shape index (κ1) is 14.3. The Morgan fingerprint density at radius 1 is 1.47 bits per heavy atom. The molecule has 1 fully saturated rings. The van der Waals surface area contributed by atoms with Crippen molar-refractivity contribution in [3.8, 4) is 0 Å². The van der Waals surface area contributed by atoms with Crippen LogP contribution in [0.15, 0.2) is 24.3 Å². The molecule has 0 radical (unpaired) electrons. The number of likely N-dealkylation sites (N-methyl/N-ethyl adjacent to an activating group) is 2. The molecule has 0 bridgehead atoms. The quantitative estimate of drug-likeness (QED) is 0.792. The molecule has 1 aromatic rings. The molecule has 0 amide bonds. The molecule has 0 aromatic heterocycles. The largest absolute Gasteiger partial charge is 0.394 e. The summed E-state index contributed by atoms with van der Waals surface area (Å²) in [5, 5.41) is 13.2. The van der Waals surface area contributed by atoms with Crippen LogP contribution in [-0.2, 0) is 0 Å². The second-order valence-corrected chi connectivity index (χ2v) is 5.45. The summed E-state index contributed by atoms with van der Waals surface area (Å²) in [6.07, 6.45) is 2.31. The van der Waals surface area contributed by atoms with E-state index in [1.54, 1.807) is 6.07 Å². The van der Waals surface area contributed by atoms with Crippen LogP contribution in [0.3, 0.4) is 0 Å². The van der Waals surface area contributed by atoms with Gasteiger partial charge in [0.05, 0.1) is 12.1 Å². The Labute approximate surface area is 114 Å². The lowest BCUT2D eigenvalue weighted by Gasteiger charge is -2.37. The Bertz CT molecular complexity index is 422. The summed E-state index contributed by atoms with van der Waals surface area (Å²) in [6.45, 7) is 3.68. The molecular weight excluding hydrogens is 243 g/mol. The summed E-state index contributed by atoms with van der Waals surface area (Å²) >= 11 is 0. The van der Waals surface area contributed by atoms with E-state index in [9.17, 15) is 9.50 Å². The highest BCUT2D eigenvalue weighted by molar-refractivity contribution is 5.46. The first-order chi connectivity index (χ1) is 9.11. The van der Waals surface area contributed by atoms with Gasteiger partial charge in [0, 0.05) is 19.3 Å². The Kier molecular flexibility index (Phi) is 4.42. The van der Waals surface area contributed by atoms with Crippen LogP contribution < -0.4 is 10.2 Å². The zero-order valence-corrected chi connectivity index (χ0v) is 11.7. The van der Waals surface area contributed by atoms with Crippen molar-refractivity contribution >= 4 is 5.69 Å². The third kappa shape index (κ3) is 3.25. The Balaban J connectivity index is 2.12. The van der Waals surface area contributed by atoms with Crippen molar-refractivity contribution in [1.82, 2.24) is 5.32 Å². The normalized spacial score (nSPS) is 18.1. The highest BCUT2D eigenvalue weighted by Gasteiger charge is 2.44. The average molecular weight is 266 g/mol. The van der Waals surface area contributed by atoms with Gasteiger partial charge in [0.2, 0.25) is 0 Å². The van der Waals surface area contributed by atoms with Crippen LogP contribution in [0.2, 0.25) is 0 Å². The van der Waals surface area contributed by atoms with Crippen LogP contribution in [0.1, 0.15) is 19.8 Å². The molecule has 3 nitrogen and oxygen atoms in total. The van der Waals surface area contributed by atoms with Crippen LogP contribution >= 0.6 is 0 Å². The highest BCUT2D eigenvalue weighted by atomic mass is 19.1. The molecule has 1 aliphatic rings. The van der Waals surface area contributed by atoms with E-state index in [1.807, 2.05) is 18.0 Å². The van der Waals surface area contributed by atoms with Gasteiger partial charge in [0.1, 0.15) is 5.82 Å². The number of hydrogen-bond acceptors (Lipinski definition) is 3. The average Bonchev–Trinajstić information content (AvgIpc) is 3.22. The van der Waals surface area contributed by atoms with Gasteiger partial charge >= 0.3 is 0 Å². The van der Waals surface area contributed by atoms with E-state index in [4.69, 9.17) is 0 Å². The van der Waals surface area contributed by atoms with Gasteiger partial charge in [-0.1, -0.05) is 13.0 Å². The van der Waals surface area contributed by atoms with Crippen LogP contribution in [0, 0.1) is 11.7 Å². The number of halogens is 1. The molecule has 0 aliphatic heterocycles. The van der Waals surface area contributed by atoms with Gasteiger partial charge < -0.3 is 15.3 Å². The fourth-order valence-corrected chi connectivity index (χ4v) is 2.78. The van der Waals surface area contributed by atoms with Crippen molar-refractivity contribution in [2.24, 2.45) is 5.92 Å². The third-order valence-corrected chi connectivity index (χ3v) is 3.94. The molecule has 0 spiro atoms. The Morgan fingerprint density at radius 3 is 2.74 bits per heavy atom. The summed E-state index contributed by atoms with van der Waals surface area (Å²) in [7, 11) is 1.94. The second kappa shape index (κ2) is 5.88. The van der Waals surface area contributed by atoms with Gasteiger partial charge in [0.15, 0.2) is 0 Å². The molecule has 2 N–H and O–H groups in total. The van der Waals surface area contributed by atoms with Crippen LogP contribution in [0.5, 0.6) is 0 Å². The van der Waals surface area contributed by atoms with Gasteiger partial charge in [-0.15, -0.1) is 0 Å². The first-order valence-corrected chi connectivity index (χ1v) is 6.94. The van der Waals surface area contributed by atoms with Crippen LogP contribution in [-0.4, -0.2) is 37.4 Å². The molecule has 19 heavy (non-hydrogen) atoms. The third-order valence-electron chi connectivity index (χ3n) is 3.94. The fraction of sp³-hybridized carbons (Fsp3) is 0.600. The van der Waals surface area contributed by atoms with E-state index >= 15 is 0 Å². The van der Waals surface area contributed by atoms with Crippen LogP contribution in [0.25, 0.3) is 0 Å². The minimum Gasteiger partial charge on any atom is -0.394 e. The summed E-state index contributed by atoms with van der Waals surface area (Å²) in [4.78, 5) is 2.01. The predicted octanol–water partition coefficient (Wildman–Crippen LogP) is 2.01. The highest BCUT2D eigenvalue weighted by Crippen LogP contribution is 2.40. The molecule has 2 rings (SSSR count). The molecule has 0 heterocycles. The second-order valence-electron chi connectivity index (χ2n) is 5.45. The maximum atomic E-state index is 13.3. The fourth-order valence-electron chi connectivity index (χ4n) is 2.78. The minimum atomic E-state index is -0.268. The number of anilines is 1. The van der Waals surface area contributed by atoms with E-state index < -0.39 is 0 Å². The number of rotatable bonds is 7. The van der Waals surface area contributed by atoms with Crippen molar-refractivity contribution in [1.29, 1.82) is 0 Å². The molecule has 1 unspecified atom stereocenters. The molecule has 1 aromatic carbocycles. The lowest BCUT2D eigenvalue weighted by Crippen LogP contribution is -2.57. The summed E-state index contributed by atoms with van der Waals surface area (Å²) in [5.74, 6) is 0.294. The number of benzene rings is 1. The number of hydrogen-bond donors (Lipinski definition) is 2. The number of aliphatic hydroxyl groups excluding tert-OH is 1. The maximum absolute atomic E-state index is 13.3. The standard InChI is InChI=1S/C15H23FN2O/c1-3-17-15(11-19,12-7-8-12)10-18(2)14-6-4-5-13(16)9-14/h4-6,9,12,17,19H,3,7-8,10-11H2,1-2H3.